The van der Waals surface area contributed by atoms with Gasteiger partial charge in [-0.2, -0.15) is 10.1 Å². The number of carbonyl (C=O) groups is 1. The summed E-state index contributed by atoms with van der Waals surface area (Å²) in [6.45, 7) is 0.632. The maximum absolute atomic E-state index is 12.2. The Morgan fingerprint density at radius 3 is 2.88 bits per heavy atom. The van der Waals surface area contributed by atoms with Gasteiger partial charge in [-0.3, -0.25) is 9.48 Å². The fraction of sp³-hybridized carbons (Fsp3) is 0.0625. The predicted octanol–water partition coefficient (Wildman–Crippen LogP) is 1.62. The summed E-state index contributed by atoms with van der Waals surface area (Å²) in [6.07, 6.45) is 6.64. The van der Waals surface area contributed by atoms with E-state index in [1.54, 1.807) is 35.5 Å². The number of fused-ring (bicyclic) bond motifs is 1. The van der Waals surface area contributed by atoms with Crippen LogP contribution in [0, 0.1) is 0 Å². The lowest BCUT2D eigenvalue weighted by atomic mass is 10.2. The van der Waals surface area contributed by atoms with Crippen LogP contribution in [-0.2, 0) is 6.54 Å². The molecule has 0 saturated carbocycles. The lowest BCUT2D eigenvalue weighted by molar-refractivity contribution is 0.101. The largest absolute Gasteiger partial charge is 0.316 e. The van der Waals surface area contributed by atoms with Crippen LogP contribution in [0.1, 0.15) is 16.2 Å². The maximum atomic E-state index is 12.2. The molecule has 3 heterocycles. The smallest absolute Gasteiger partial charge is 0.295 e. The molecule has 3 aromatic heterocycles. The lowest BCUT2D eigenvalue weighted by Gasteiger charge is -2.01. The number of hydrogen-bond acceptors (Lipinski definition) is 5. The molecule has 1 amide bonds. The fourth-order valence-electron chi connectivity index (χ4n) is 2.30. The third kappa shape index (κ3) is 2.84. The minimum absolute atomic E-state index is 0.0597. The molecule has 0 aliphatic rings. The van der Waals surface area contributed by atoms with E-state index in [1.165, 1.54) is 4.52 Å². The molecule has 0 saturated heterocycles. The highest BCUT2D eigenvalue weighted by molar-refractivity contribution is 6.01. The molecule has 4 aromatic rings. The van der Waals surface area contributed by atoms with E-state index in [9.17, 15) is 4.79 Å². The first-order valence-corrected chi connectivity index (χ1v) is 7.33. The zero-order valence-corrected chi connectivity index (χ0v) is 12.6. The number of nitrogens with one attached hydrogen (secondary N) is 1. The van der Waals surface area contributed by atoms with Gasteiger partial charge >= 0.3 is 0 Å². The summed E-state index contributed by atoms with van der Waals surface area (Å²) in [6, 6.07) is 11.7. The average Bonchev–Trinajstić information content (AvgIpc) is 3.22. The quantitative estimate of drug-likeness (QED) is 0.617. The Balaban J connectivity index is 1.48. The summed E-state index contributed by atoms with van der Waals surface area (Å²) in [4.78, 5) is 20.4. The number of amides is 1. The second-order valence-electron chi connectivity index (χ2n) is 5.17. The molecule has 0 spiro atoms. The Bertz CT molecular complexity index is 957. The van der Waals surface area contributed by atoms with Crippen molar-refractivity contribution in [2.75, 3.05) is 5.32 Å². The van der Waals surface area contributed by atoms with Gasteiger partial charge in [0.05, 0.1) is 18.4 Å². The van der Waals surface area contributed by atoms with Crippen LogP contribution >= 0.6 is 0 Å². The van der Waals surface area contributed by atoms with Gasteiger partial charge in [0, 0.05) is 18.6 Å². The standard InChI is InChI=1S/C16H13N7O/c24-15(14-20-16-17-7-4-8-23(16)21-14)19-13-9-18-22(11-13)10-12-5-2-1-3-6-12/h1-9,11H,10H2,(H,19,24). The van der Waals surface area contributed by atoms with Crippen LogP contribution in [0.15, 0.2) is 61.2 Å². The minimum atomic E-state index is -0.403. The number of carbonyl (C=O) groups excluding carboxylic acids is 1. The molecule has 0 bridgehead atoms. The van der Waals surface area contributed by atoms with Gasteiger partial charge in [-0.1, -0.05) is 30.3 Å². The molecular weight excluding hydrogens is 306 g/mol. The first kappa shape index (κ1) is 14.1. The Morgan fingerprint density at radius 2 is 2.04 bits per heavy atom. The summed E-state index contributed by atoms with van der Waals surface area (Å²) in [5.74, 6) is 0.0340. The van der Waals surface area contributed by atoms with Gasteiger partial charge in [0.25, 0.3) is 11.7 Å². The van der Waals surface area contributed by atoms with Gasteiger partial charge in [0.15, 0.2) is 0 Å². The summed E-state index contributed by atoms with van der Waals surface area (Å²) in [5, 5.41) is 11.1. The van der Waals surface area contributed by atoms with E-state index in [4.69, 9.17) is 0 Å². The fourth-order valence-corrected chi connectivity index (χ4v) is 2.30. The van der Waals surface area contributed by atoms with Gasteiger partial charge in [0.1, 0.15) is 0 Å². The molecule has 118 valence electrons. The van der Waals surface area contributed by atoms with Crippen molar-refractivity contribution in [3.63, 3.8) is 0 Å². The summed E-state index contributed by atoms with van der Waals surface area (Å²) in [7, 11) is 0. The second-order valence-corrected chi connectivity index (χ2v) is 5.17. The Morgan fingerprint density at radius 1 is 1.17 bits per heavy atom. The molecule has 0 aliphatic heterocycles. The molecule has 4 rings (SSSR count). The SMILES string of the molecule is O=C(Nc1cnn(Cc2ccccc2)c1)c1nc2ncccn2n1. The third-order valence-electron chi connectivity index (χ3n) is 3.40. The summed E-state index contributed by atoms with van der Waals surface area (Å²) >= 11 is 0. The average molecular weight is 319 g/mol. The molecular formula is C16H13N7O. The Kier molecular flexibility index (Phi) is 3.47. The Labute approximate surface area is 136 Å². The molecule has 0 atom stereocenters. The van der Waals surface area contributed by atoms with Gasteiger partial charge in [-0.25, -0.2) is 9.50 Å². The third-order valence-corrected chi connectivity index (χ3v) is 3.40. The monoisotopic (exact) mass is 319 g/mol. The second kappa shape index (κ2) is 5.92. The van der Waals surface area contributed by atoms with Gasteiger partial charge in [-0.15, -0.1) is 5.10 Å². The molecule has 0 unspecified atom stereocenters. The van der Waals surface area contributed by atoms with Crippen molar-refractivity contribution in [2.45, 2.75) is 6.54 Å². The zero-order valence-electron chi connectivity index (χ0n) is 12.6. The van der Waals surface area contributed by atoms with E-state index in [0.717, 1.165) is 5.56 Å². The molecule has 0 fully saturated rings. The van der Waals surface area contributed by atoms with E-state index < -0.39 is 5.91 Å². The van der Waals surface area contributed by atoms with Crippen molar-refractivity contribution in [2.24, 2.45) is 0 Å². The van der Waals surface area contributed by atoms with Crippen molar-refractivity contribution in [3.8, 4) is 0 Å². The predicted molar refractivity (Wildman–Crippen MR) is 86.5 cm³/mol. The summed E-state index contributed by atoms with van der Waals surface area (Å²) in [5.41, 5.74) is 1.72. The van der Waals surface area contributed by atoms with Gasteiger partial charge in [0.2, 0.25) is 5.82 Å². The van der Waals surface area contributed by atoms with Gasteiger partial charge < -0.3 is 5.32 Å². The highest BCUT2D eigenvalue weighted by Gasteiger charge is 2.14. The van der Waals surface area contributed by atoms with Crippen molar-refractivity contribution in [1.82, 2.24) is 29.4 Å². The van der Waals surface area contributed by atoms with Crippen LogP contribution in [0.5, 0.6) is 0 Å². The molecule has 8 heteroatoms. The van der Waals surface area contributed by atoms with E-state index >= 15 is 0 Å². The van der Waals surface area contributed by atoms with E-state index in [1.807, 2.05) is 30.3 Å². The number of aromatic nitrogens is 6. The van der Waals surface area contributed by atoms with E-state index in [0.29, 0.717) is 18.0 Å². The first-order valence-electron chi connectivity index (χ1n) is 7.33. The Hall–Kier alpha value is -3.55. The molecule has 0 aliphatic carbocycles. The normalized spacial score (nSPS) is 10.8. The number of hydrogen-bond donors (Lipinski definition) is 1. The van der Waals surface area contributed by atoms with Crippen LogP contribution in [0.3, 0.4) is 0 Å². The highest BCUT2D eigenvalue weighted by Crippen LogP contribution is 2.09. The van der Waals surface area contributed by atoms with Crippen molar-refractivity contribution >= 4 is 17.4 Å². The molecule has 8 nitrogen and oxygen atoms in total. The number of benzene rings is 1. The number of anilines is 1. The van der Waals surface area contributed by atoms with Crippen LogP contribution in [0.25, 0.3) is 5.78 Å². The number of rotatable bonds is 4. The van der Waals surface area contributed by atoms with Crippen molar-refractivity contribution < 1.29 is 4.79 Å². The maximum Gasteiger partial charge on any atom is 0.295 e. The molecule has 24 heavy (non-hydrogen) atoms. The number of nitrogens with zero attached hydrogens (tertiary/aromatic N) is 6. The molecule has 0 radical (unpaired) electrons. The lowest BCUT2D eigenvalue weighted by Crippen LogP contribution is -2.13. The van der Waals surface area contributed by atoms with Gasteiger partial charge in [-0.05, 0) is 11.6 Å². The molecule has 1 N–H and O–H groups in total. The van der Waals surface area contributed by atoms with Crippen LogP contribution in [0.4, 0.5) is 5.69 Å². The molecule has 1 aromatic carbocycles. The zero-order chi connectivity index (χ0) is 16.4. The minimum Gasteiger partial charge on any atom is -0.316 e. The first-order chi connectivity index (χ1) is 11.8. The van der Waals surface area contributed by atoms with Crippen LogP contribution in [-0.4, -0.2) is 35.3 Å². The van der Waals surface area contributed by atoms with Crippen molar-refractivity contribution in [1.29, 1.82) is 0 Å². The van der Waals surface area contributed by atoms with Crippen molar-refractivity contribution in [3.05, 3.63) is 72.6 Å². The van der Waals surface area contributed by atoms with E-state index in [-0.39, 0.29) is 5.82 Å². The van der Waals surface area contributed by atoms with E-state index in [2.05, 4.69) is 25.5 Å². The topological polar surface area (TPSA) is 90.0 Å². The van der Waals surface area contributed by atoms with Crippen LogP contribution < -0.4 is 5.32 Å². The van der Waals surface area contributed by atoms with Crippen LogP contribution in [0.2, 0.25) is 0 Å². The summed E-state index contributed by atoms with van der Waals surface area (Å²) < 4.78 is 3.21. The highest BCUT2D eigenvalue weighted by atomic mass is 16.2.